The minimum atomic E-state index is 0.574. The van der Waals surface area contributed by atoms with Crippen LogP contribution in [0, 0.1) is 5.92 Å². The quantitative estimate of drug-likeness (QED) is 0.430. The number of nitrogens with zero attached hydrogens (tertiary/aromatic N) is 1. The smallest absolute Gasteiger partial charge is 0.209 e. The third-order valence-corrected chi connectivity index (χ3v) is 2.21. The van der Waals surface area contributed by atoms with Crippen molar-refractivity contribution in [3.05, 3.63) is 0 Å². The van der Waals surface area contributed by atoms with Crippen LogP contribution in [0.5, 0.6) is 0 Å². The van der Waals surface area contributed by atoms with Crippen molar-refractivity contribution < 1.29 is 14.3 Å². The van der Waals surface area contributed by atoms with E-state index in [9.17, 15) is 4.79 Å². The van der Waals surface area contributed by atoms with Crippen molar-refractivity contribution >= 4 is 6.41 Å². The summed E-state index contributed by atoms with van der Waals surface area (Å²) in [5.74, 6) is 0.749. The molecule has 0 N–H and O–H groups in total. The van der Waals surface area contributed by atoms with Crippen LogP contribution < -0.4 is 0 Å². The first-order valence-electron chi connectivity index (χ1n) is 7.39. The van der Waals surface area contributed by atoms with Gasteiger partial charge in [0.15, 0.2) is 0 Å². The summed E-state index contributed by atoms with van der Waals surface area (Å²) in [5, 5.41) is 0. The van der Waals surface area contributed by atoms with Crippen LogP contribution in [-0.4, -0.2) is 51.3 Å². The van der Waals surface area contributed by atoms with E-state index < -0.39 is 0 Å². The Labute approximate surface area is 119 Å². The van der Waals surface area contributed by atoms with Gasteiger partial charge < -0.3 is 14.4 Å². The van der Waals surface area contributed by atoms with E-state index in [-0.39, 0.29) is 0 Å². The number of rotatable bonds is 11. The lowest BCUT2D eigenvalue weighted by atomic mass is 10.1. The summed E-state index contributed by atoms with van der Waals surface area (Å²) in [5.41, 5.74) is 0. The van der Waals surface area contributed by atoms with Crippen LogP contribution in [-0.2, 0) is 14.3 Å². The van der Waals surface area contributed by atoms with E-state index in [1.165, 1.54) is 12.8 Å². The normalized spacial score (nSPS) is 10.0. The summed E-state index contributed by atoms with van der Waals surface area (Å²) in [6.07, 6.45) is 4.38. The zero-order valence-corrected chi connectivity index (χ0v) is 13.5. The highest BCUT2D eigenvalue weighted by Gasteiger charge is 1.95. The van der Waals surface area contributed by atoms with Gasteiger partial charge in [0.1, 0.15) is 0 Å². The van der Waals surface area contributed by atoms with E-state index in [0.717, 1.165) is 25.4 Å². The molecule has 0 aromatic carbocycles. The van der Waals surface area contributed by atoms with Crippen LogP contribution in [0.4, 0.5) is 0 Å². The highest BCUT2D eigenvalue weighted by molar-refractivity contribution is 5.46. The predicted octanol–water partition coefficient (Wildman–Crippen LogP) is 2.96. The number of amides is 1. The van der Waals surface area contributed by atoms with E-state index in [1.54, 1.807) is 11.9 Å². The van der Waals surface area contributed by atoms with E-state index in [4.69, 9.17) is 9.47 Å². The maximum absolute atomic E-state index is 10.2. The molecule has 0 aliphatic rings. The molecule has 4 nitrogen and oxygen atoms in total. The number of hydrogen-bond acceptors (Lipinski definition) is 3. The highest BCUT2D eigenvalue weighted by Crippen LogP contribution is 2.02. The molecule has 0 aliphatic heterocycles. The molecule has 1 amide bonds. The first-order chi connectivity index (χ1) is 9.08. The largest absolute Gasteiger partial charge is 0.379 e. The van der Waals surface area contributed by atoms with Gasteiger partial charge in [-0.15, -0.1) is 0 Å². The molecule has 19 heavy (non-hydrogen) atoms. The number of carbonyl (C=O) groups excluding carboxylic acids is 1. The molecule has 4 heteroatoms. The standard InChI is InChI=1S/C12H25NO3.C3H8/c1-12(2)5-4-7-15-9-10-16-8-6-13(3)11-14;1-3-2/h11-12H,4-10H2,1-3H3;3H2,1-2H3. The molecule has 0 rings (SSSR count). The maximum atomic E-state index is 10.2. The molecule has 0 spiro atoms. The fourth-order valence-corrected chi connectivity index (χ4v) is 1.18. The van der Waals surface area contributed by atoms with Crippen LogP contribution in [0.2, 0.25) is 0 Å². The Balaban J connectivity index is 0. The fraction of sp³-hybridized carbons (Fsp3) is 0.933. The Bertz CT molecular complexity index is 175. The molecule has 0 unspecified atom stereocenters. The predicted molar refractivity (Wildman–Crippen MR) is 80.4 cm³/mol. The van der Waals surface area contributed by atoms with E-state index in [2.05, 4.69) is 27.7 Å². The molecular formula is C15H33NO3. The van der Waals surface area contributed by atoms with Gasteiger partial charge >= 0.3 is 0 Å². The number of ether oxygens (including phenoxy) is 2. The second-order valence-corrected chi connectivity index (χ2v) is 5.05. The average Bonchev–Trinajstić information content (AvgIpc) is 2.37. The zero-order chi connectivity index (χ0) is 14.9. The Morgan fingerprint density at radius 1 is 1.05 bits per heavy atom. The Morgan fingerprint density at radius 3 is 2.05 bits per heavy atom. The fourth-order valence-electron chi connectivity index (χ4n) is 1.18. The second-order valence-electron chi connectivity index (χ2n) is 5.05. The summed E-state index contributed by atoms with van der Waals surface area (Å²) >= 11 is 0. The second kappa shape index (κ2) is 17.4. The molecular weight excluding hydrogens is 242 g/mol. The molecule has 0 aliphatic carbocycles. The lowest BCUT2D eigenvalue weighted by molar-refractivity contribution is -0.117. The van der Waals surface area contributed by atoms with Crippen LogP contribution in [0.15, 0.2) is 0 Å². The van der Waals surface area contributed by atoms with Gasteiger partial charge in [0.25, 0.3) is 0 Å². The highest BCUT2D eigenvalue weighted by atomic mass is 16.5. The maximum Gasteiger partial charge on any atom is 0.209 e. The lowest BCUT2D eigenvalue weighted by Crippen LogP contribution is -2.22. The van der Waals surface area contributed by atoms with Crippen LogP contribution in [0.1, 0.15) is 47.0 Å². The molecule has 0 aromatic rings. The van der Waals surface area contributed by atoms with Crippen molar-refractivity contribution in [3.8, 4) is 0 Å². The van der Waals surface area contributed by atoms with Gasteiger partial charge in [-0.25, -0.2) is 0 Å². The third-order valence-electron chi connectivity index (χ3n) is 2.21. The topological polar surface area (TPSA) is 38.8 Å². The molecule has 0 saturated heterocycles. The van der Waals surface area contributed by atoms with Crippen LogP contribution in [0.3, 0.4) is 0 Å². The average molecular weight is 275 g/mol. The summed E-state index contributed by atoms with van der Waals surface area (Å²) in [7, 11) is 1.73. The third kappa shape index (κ3) is 23.0. The number of likely N-dealkylation sites (N-methyl/N-ethyl adjacent to an activating group) is 1. The van der Waals surface area contributed by atoms with Gasteiger partial charge in [-0.3, -0.25) is 4.79 Å². The van der Waals surface area contributed by atoms with Gasteiger partial charge in [0.05, 0.1) is 19.8 Å². The van der Waals surface area contributed by atoms with Crippen molar-refractivity contribution in [2.24, 2.45) is 5.92 Å². The van der Waals surface area contributed by atoms with E-state index in [0.29, 0.717) is 26.4 Å². The van der Waals surface area contributed by atoms with Crippen molar-refractivity contribution in [3.63, 3.8) is 0 Å². The van der Waals surface area contributed by atoms with E-state index >= 15 is 0 Å². The first-order valence-corrected chi connectivity index (χ1v) is 7.39. The monoisotopic (exact) mass is 275 g/mol. The van der Waals surface area contributed by atoms with Crippen molar-refractivity contribution in [2.75, 3.05) is 40.0 Å². The van der Waals surface area contributed by atoms with Gasteiger partial charge in [0.2, 0.25) is 6.41 Å². The Hall–Kier alpha value is -0.610. The summed E-state index contributed by atoms with van der Waals surface area (Å²) in [6.45, 7) is 12.0. The Morgan fingerprint density at radius 2 is 1.58 bits per heavy atom. The lowest BCUT2D eigenvalue weighted by Gasteiger charge is -2.10. The van der Waals surface area contributed by atoms with Crippen molar-refractivity contribution in [1.82, 2.24) is 4.90 Å². The molecule has 0 saturated carbocycles. The molecule has 0 aromatic heterocycles. The van der Waals surface area contributed by atoms with Gasteiger partial charge in [-0.05, 0) is 18.8 Å². The van der Waals surface area contributed by atoms with E-state index in [1.807, 2.05) is 0 Å². The molecule has 0 bridgehead atoms. The number of hydrogen-bond donors (Lipinski definition) is 0. The molecule has 0 atom stereocenters. The SMILES string of the molecule is CC(C)CCCOCCOCCN(C)C=O.CCC. The summed E-state index contributed by atoms with van der Waals surface area (Å²) in [4.78, 5) is 11.8. The van der Waals surface area contributed by atoms with Gasteiger partial charge in [-0.1, -0.05) is 34.1 Å². The van der Waals surface area contributed by atoms with Crippen molar-refractivity contribution in [1.29, 1.82) is 0 Å². The number of carbonyl (C=O) groups is 1. The minimum absolute atomic E-state index is 0.574. The van der Waals surface area contributed by atoms with Gasteiger partial charge in [0, 0.05) is 20.2 Å². The minimum Gasteiger partial charge on any atom is -0.379 e. The Kier molecular flexibility index (Phi) is 18.9. The summed E-state index contributed by atoms with van der Waals surface area (Å²) in [6, 6.07) is 0. The molecule has 0 fully saturated rings. The molecule has 116 valence electrons. The first kappa shape index (κ1) is 20.7. The summed E-state index contributed by atoms with van der Waals surface area (Å²) < 4.78 is 10.7. The molecule has 0 radical (unpaired) electrons. The molecule has 0 heterocycles. The van der Waals surface area contributed by atoms with Crippen molar-refractivity contribution in [2.45, 2.75) is 47.0 Å². The van der Waals surface area contributed by atoms with Crippen LogP contribution >= 0.6 is 0 Å². The van der Waals surface area contributed by atoms with Crippen LogP contribution in [0.25, 0.3) is 0 Å². The zero-order valence-electron chi connectivity index (χ0n) is 13.5. The van der Waals surface area contributed by atoms with Gasteiger partial charge in [-0.2, -0.15) is 0 Å².